The fraction of sp³-hybridized carbons (Fsp3) is 0.0577. The summed E-state index contributed by atoms with van der Waals surface area (Å²) in [6.07, 6.45) is 0.815. The third kappa shape index (κ3) is 5.31. The van der Waals surface area contributed by atoms with E-state index in [0.717, 1.165) is 83.6 Å². The monoisotopic (exact) mass is 774 g/mol. The zero-order valence-corrected chi connectivity index (χ0v) is 32.9. The van der Waals surface area contributed by atoms with Gasteiger partial charge in [-0.1, -0.05) is 153 Å². The Labute approximate surface area is 345 Å². The molecule has 11 rings (SSSR count). The second kappa shape index (κ2) is 13.8. The molecule has 3 heterocycles. The van der Waals surface area contributed by atoms with Crippen LogP contribution in [0.1, 0.15) is 39.9 Å². The van der Waals surface area contributed by atoms with E-state index in [2.05, 4.69) is 127 Å². The number of nitriles is 1. The Morgan fingerprint density at radius 2 is 1.15 bits per heavy atom. The standard InChI is InChI=1S/C52H34N6S/c1-2-45-54-41-24-14-15-25-42(41)58(45)37-28-26-36(27-29-37)52(35-20-10-5-11-21-35)39-23-13-12-22-38(39)46-40(52)30-31-43-47(46)48(44(32-53)59-43)51-56-49(33-16-6-3-7-17-33)55-50(57-51)34-18-8-4-9-19-34/h3-31H,2H2,1H3. The normalized spacial score (nSPS) is 14.3. The van der Waals surface area contributed by atoms with Crippen molar-refractivity contribution in [2.24, 2.45) is 0 Å². The number of nitrogens with zero attached hydrogens (tertiary/aromatic N) is 6. The van der Waals surface area contributed by atoms with E-state index in [1.54, 1.807) is 0 Å². The van der Waals surface area contributed by atoms with E-state index in [-0.39, 0.29) is 0 Å². The molecule has 7 aromatic carbocycles. The van der Waals surface area contributed by atoms with Gasteiger partial charge in [-0.2, -0.15) is 5.26 Å². The van der Waals surface area contributed by atoms with E-state index in [1.807, 2.05) is 66.7 Å². The molecule has 1 aliphatic rings. The number of para-hydroxylation sites is 2. The molecule has 0 amide bonds. The minimum Gasteiger partial charge on any atom is -0.296 e. The zero-order valence-electron chi connectivity index (χ0n) is 32.0. The summed E-state index contributed by atoms with van der Waals surface area (Å²) in [5.74, 6) is 2.62. The lowest BCUT2D eigenvalue weighted by molar-refractivity contribution is 0.768. The number of fused-ring (bicyclic) bond motifs is 6. The van der Waals surface area contributed by atoms with Crippen LogP contribution in [0.15, 0.2) is 176 Å². The summed E-state index contributed by atoms with van der Waals surface area (Å²) >= 11 is 1.49. The first-order chi connectivity index (χ1) is 29.2. The molecule has 0 aliphatic heterocycles. The summed E-state index contributed by atoms with van der Waals surface area (Å²) < 4.78 is 3.28. The number of benzene rings is 7. The van der Waals surface area contributed by atoms with E-state index in [0.29, 0.717) is 22.4 Å². The maximum absolute atomic E-state index is 10.8. The molecule has 1 unspecified atom stereocenters. The lowest BCUT2D eigenvalue weighted by atomic mass is 9.67. The lowest BCUT2D eigenvalue weighted by Gasteiger charge is -2.34. The Hall–Kier alpha value is -7.53. The van der Waals surface area contributed by atoms with Gasteiger partial charge in [0.15, 0.2) is 17.5 Å². The van der Waals surface area contributed by atoms with Crippen molar-refractivity contribution < 1.29 is 0 Å². The average molecular weight is 775 g/mol. The van der Waals surface area contributed by atoms with Gasteiger partial charge in [0.1, 0.15) is 16.8 Å². The van der Waals surface area contributed by atoms with Gasteiger partial charge in [0, 0.05) is 33.3 Å². The minimum absolute atomic E-state index is 0.479. The molecule has 3 aromatic heterocycles. The molecule has 7 heteroatoms. The van der Waals surface area contributed by atoms with Gasteiger partial charge in [-0.15, -0.1) is 11.3 Å². The summed E-state index contributed by atoms with van der Waals surface area (Å²) in [5.41, 5.74) is 11.8. The molecule has 10 aromatic rings. The van der Waals surface area contributed by atoms with Gasteiger partial charge in [0.25, 0.3) is 0 Å². The van der Waals surface area contributed by atoms with Crippen LogP contribution in [0, 0.1) is 11.3 Å². The van der Waals surface area contributed by atoms with Gasteiger partial charge >= 0.3 is 0 Å². The highest BCUT2D eigenvalue weighted by Gasteiger charge is 2.47. The van der Waals surface area contributed by atoms with Crippen molar-refractivity contribution in [2.75, 3.05) is 0 Å². The fourth-order valence-electron chi connectivity index (χ4n) is 9.11. The summed E-state index contributed by atoms with van der Waals surface area (Å²) in [7, 11) is 0. The van der Waals surface area contributed by atoms with Gasteiger partial charge in [0.05, 0.1) is 22.0 Å². The highest BCUT2D eigenvalue weighted by atomic mass is 32.1. The van der Waals surface area contributed by atoms with Gasteiger partial charge in [-0.3, -0.25) is 4.57 Å². The molecule has 0 radical (unpaired) electrons. The Balaban J connectivity index is 1.20. The first kappa shape index (κ1) is 34.7. The smallest absolute Gasteiger partial charge is 0.166 e. The number of imidazole rings is 1. The average Bonchev–Trinajstić information content (AvgIpc) is 3.98. The molecule has 0 spiro atoms. The highest BCUT2D eigenvalue weighted by Crippen LogP contribution is 2.59. The molecule has 0 saturated heterocycles. The molecular formula is C52H34N6S. The van der Waals surface area contributed by atoms with Crippen molar-refractivity contribution in [1.29, 1.82) is 5.26 Å². The SMILES string of the molecule is CCc1nc2ccccc2n1-c1ccc(C2(c3ccccc3)c3ccccc3-c3c2ccc2sc(C#N)c(-c4nc(-c5ccccc5)nc(-c5ccccc5)n4)c32)cc1. The van der Waals surface area contributed by atoms with Crippen LogP contribution >= 0.6 is 11.3 Å². The number of aromatic nitrogens is 5. The first-order valence-corrected chi connectivity index (χ1v) is 20.6. The van der Waals surface area contributed by atoms with E-state index in [4.69, 9.17) is 19.9 Å². The molecule has 6 nitrogen and oxygen atoms in total. The Kier molecular flexibility index (Phi) is 8.14. The lowest BCUT2D eigenvalue weighted by Crippen LogP contribution is -2.28. The van der Waals surface area contributed by atoms with E-state index in [1.165, 1.54) is 16.9 Å². The van der Waals surface area contributed by atoms with E-state index < -0.39 is 5.41 Å². The number of thiophene rings is 1. The van der Waals surface area contributed by atoms with Crippen molar-refractivity contribution in [1.82, 2.24) is 24.5 Å². The second-order valence-corrected chi connectivity index (χ2v) is 15.8. The molecule has 278 valence electrons. The molecule has 0 saturated carbocycles. The maximum Gasteiger partial charge on any atom is 0.166 e. The van der Waals surface area contributed by atoms with Crippen LogP contribution in [0.5, 0.6) is 0 Å². The van der Waals surface area contributed by atoms with Gasteiger partial charge in [-0.05, 0) is 63.7 Å². The number of hydrogen-bond acceptors (Lipinski definition) is 6. The molecule has 59 heavy (non-hydrogen) atoms. The Morgan fingerprint density at radius 1 is 0.559 bits per heavy atom. The van der Waals surface area contributed by atoms with Crippen molar-refractivity contribution in [3.63, 3.8) is 0 Å². The largest absolute Gasteiger partial charge is 0.296 e. The van der Waals surface area contributed by atoms with Crippen LogP contribution in [-0.4, -0.2) is 24.5 Å². The van der Waals surface area contributed by atoms with E-state index in [9.17, 15) is 5.26 Å². The summed E-state index contributed by atoms with van der Waals surface area (Å²) in [5, 5.41) is 11.8. The van der Waals surface area contributed by atoms with Crippen LogP contribution < -0.4 is 0 Å². The molecule has 0 N–H and O–H groups in total. The molecule has 1 atom stereocenters. The summed E-state index contributed by atoms with van der Waals surface area (Å²) in [6, 6.07) is 63.9. The molecule has 1 aliphatic carbocycles. The zero-order chi connectivity index (χ0) is 39.5. The number of hydrogen-bond donors (Lipinski definition) is 0. The van der Waals surface area contributed by atoms with Crippen molar-refractivity contribution in [2.45, 2.75) is 18.8 Å². The van der Waals surface area contributed by atoms with Gasteiger partial charge < -0.3 is 0 Å². The molecular weight excluding hydrogens is 741 g/mol. The van der Waals surface area contributed by atoms with Crippen LogP contribution in [-0.2, 0) is 11.8 Å². The minimum atomic E-state index is -0.667. The maximum atomic E-state index is 10.8. The van der Waals surface area contributed by atoms with Crippen LogP contribution in [0.25, 0.3) is 72.1 Å². The quantitative estimate of drug-likeness (QED) is 0.161. The van der Waals surface area contributed by atoms with E-state index >= 15 is 0 Å². The number of rotatable bonds is 7. The Bertz CT molecular complexity index is 3200. The summed E-state index contributed by atoms with van der Waals surface area (Å²) in [4.78, 5) is 20.8. The van der Waals surface area contributed by atoms with Crippen LogP contribution in [0.4, 0.5) is 0 Å². The third-order valence-electron chi connectivity index (χ3n) is 11.6. The Morgan fingerprint density at radius 3 is 1.83 bits per heavy atom. The van der Waals surface area contributed by atoms with Crippen molar-refractivity contribution >= 4 is 32.5 Å². The fourth-order valence-corrected chi connectivity index (χ4v) is 10.1. The van der Waals surface area contributed by atoms with Crippen molar-refractivity contribution in [3.05, 3.63) is 209 Å². The van der Waals surface area contributed by atoms with Crippen molar-refractivity contribution in [3.8, 4) is 57.0 Å². The molecule has 0 bridgehead atoms. The van der Waals surface area contributed by atoms with Gasteiger partial charge in [0.2, 0.25) is 0 Å². The predicted molar refractivity (Wildman–Crippen MR) is 238 cm³/mol. The highest BCUT2D eigenvalue weighted by molar-refractivity contribution is 7.20. The number of aryl methyl sites for hydroxylation is 1. The first-order valence-electron chi connectivity index (χ1n) is 19.8. The third-order valence-corrected chi connectivity index (χ3v) is 12.7. The summed E-state index contributed by atoms with van der Waals surface area (Å²) in [6.45, 7) is 2.15. The topological polar surface area (TPSA) is 80.3 Å². The molecule has 0 fully saturated rings. The van der Waals surface area contributed by atoms with Crippen LogP contribution in [0.3, 0.4) is 0 Å². The predicted octanol–water partition coefficient (Wildman–Crippen LogP) is 12.2. The van der Waals surface area contributed by atoms with Crippen LogP contribution in [0.2, 0.25) is 0 Å². The second-order valence-electron chi connectivity index (χ2n) is 14.7. The van der Waals surface area contributed by atoms with Gasteiger partial charge in [-0.25, -0.2) is 19.9 Å².